The molecule has 0 aromatic heterocycles. The summed E-state index contributed by atoms with van der Waals surface area (Å²) in [7, 11) is 0. The van der Waals surface area contributed by atoms with E-state index in [1.807, 2.05) is 18.2 Å². The van der Waals surface area contributed by atoms with Crippen molar-refractivity contribution in [3.05, 3.63) is 112 Å². The lowest BCUT2D eigenvalue weighted by molar-refractivity contribution is 0.1000. The van der Waals surface area contributed by atoms with E-state index in [4.69, 9.17) is 32.6 Å². The number of phenols is 1. The number of carbonyl (C=O) groups is 1. The maximum Gasteiger partial charge on any atom is 0.248 e. The minimum absolute atomic E-state index is 0.0586. The quantitative estimate of drug-likeness (QED) is 0.249. The monoisotopic (exact) mass is 488 g/mol. The van der Waals surface area contributed by atoms with Gasteiger partial charge in [0.25, 0.3) is 0 Å². The molecule has 35 heavy (non-hydrogen) atoms. The summed E-state index contributed by atoms with van der Waals surface area (Å²) in [4.78, 5) is 10.5. The third kappa shape index (κ3) is 6.92. The van der Waals surface area contributed by atoms with Crippen LogP contribution >= 0.6 is 11.6 Å². The molecule has 1 amide bonds. The Morgan fingerprint density at radius 2 is 1.69 bits per heavy atom. The largest absolute Gasteiger partial charge is 0.506 e. The zero-order chi connectivity index (χ0) is 25.4. The van der Waals surface area contributed by atoms with Crippen molar-refractivity contribution in [2.75, 3.05) is 0 Å². The number of halogens is 1. The van der Waals surface area contributed by atoms with Crippen LogP contribution in [-0.4, -0.2) is 17.2 Å². The highest BCUT2D eigenvalue weighted by molar-refractivity contribution is 6.32. The Morgan fingerprint density at radius 3 is 2.29 bits per heavy atom. The van der Waals surface area contributed by atoms with E-state index in [-0.39, 0.29) is 16.3 Å². The number of hydrogen-bond donors (Lipinski definition) is 3. The van der Waals surface area contributed by atoms with Crippen molar-refractivity contribution >= 4 is 34.5 Å². The first-order valence-corrected chi connectivity index (χ1v) is 11.6. The first-order chi connectivity index (χ1) is 16.8. The number of nitrogens with one attached hydrogen (secondary N) is 1. The molecule has 0 aliphatic rings. The number of rotatable bonds is 7. The number of hydrogen-bond acceptors (Lipinski definition) is 4. The van der Waals surface area contributed by atoms with Gasteiger partial charge < -0.3 is 21.0 Å². The lowest BCUT2D eigenvalue weighted by Gasteiger charge is -2.11. The van der Waals surface area contributed by atoms with Gasteiger partial charge in [0, 0.05) is 11.8 Å². The van der Waals surface area contributed by atoms with Gasteiger partial charge in [0.2, 0.25) is 5.91 Å². The van der Waals surface area contributed by atoms with Crippen LogP contribution in [0.1, 0.15) is 52.4 Å². The van der Waals surface area contributed by atoms with Crippen molar-refractivity contribution in [1.82, 2.24) is 0 Å². The first-order valence-electron chi connectivity index (χ1n) is 11.3. The second kappa shape index (κ2) is 12.2. The summed E-state index contributed by atoms with van der Waals surface area (Å²) in [5.74, 6) is -0.0674. The van der Waals surface area contributed by atoms with Crippen LogP contribution in [0.5, 0.6) is 5.75 Å². The number of fused-ring (bicyclic) bond motifs is 1. The molecular weight excluding hydrogens is 460 g/mol. The van der Waals surface area contributed by atoms with Gasteiger partial charge in [-0.05, 0) is 57.1 Å². The van der Waals surface area contributed by atoms with Gasteiger partial charge in [-0.15, -0.1) is 0 Å². The summed E-state index contributed by atoms with van der Waals surface area (Å²) in [5, 5.41) is 18.9. The summed E-state index contributed by atoms with van der Waals surface area (Å²) in [6.07, 6.45) is 1.41. The molecule has 6 heteroatoms. The second-order valence-corrected chi connectivity index (χ2v) is 8.83. The molecule has 180 valence electrons. The number of ether oxygens (including phenoxy) is 1. The first kappa shape index (κ1) is 25.9. The molecule has 0 spiro atoms. The van der Waals surface area contributed by atoms with Crippen molar-refractivity contribution in [1.29, 1.82) is 5.41 Å². The molecule has 0 saturated heterocycles. The standard InChI is InChI=1S/C22H23NO.C7H6ClNO2/c1-16(2)18-9-7-17(8-10-18)14-24-15-20-12-11-19(13-23)21-5-3-4-6-22(20)21;8-5-3-4(7(9)11)1-2-6(5)10/h3-13,16,23H,14-15H2,1-2H3;1-3,10H,(H2,9,11). The third-order valence-corrected chi connectivity index (χ3v) is 5.91. The zero-order valence-electron chi connectivity index (χ0n) is 19.8. The maximum atomic E-state index is 10.5. The topological polar surface area (TPSA) is 96.4 Å². The number of nitrogens with two attached hydrogens (primary N) is 1. The molecule has 0 aliphatic carbocycles. The lowest BCUT2D eigenvalue weighted by atomic mass is 10.0. The van der Waals surface area contributed by atoms with E-state index >= 15 is 0 Å². The summed E-state index contributed by atoms with van der Waals surface area (Å²) in [5.41, 5.74) is 9.89. The SMILES string of the molecule is CC(C)c1ccc(COCc2ccc(C=N)c3ccccc23)cc1.NC(=O)c1ccc(O)c(Cl)c1. The van der Waals surface area contributed by atoms with Gasteiger partial charge in [0.1, 0.15) is 5.75 Å². The maximum absolute atomic E-state index is 10.5. The zero-order valence-corrected chi connectivity index (χ0v) is 20.5. The number of phenolic OH excluding ortho intramolecular Hbond substituents is 1. The Morgan fingerprint density at radius 1 is 1.00 bits per heavy atom. The van der Waals surface area contributed by atoms with Crippen molar-refractivity contribution in [3.63, 3.8) is 0 Å². The van der Waals surface area contributed by atoms with Crippen LogP contribution in [0.15, 0.2) is 78.9 Å². The Bertz CT molecular complexity index is 1320. The van der Waals surface area contributed by atoms with E-state index in [0.29, 0.717) is 19.1 Å². The van der Waals surface area contributed by atoms with Crippen LogP contribution in [-0.2, 0) is 18.0 Å². The highest BCUT2D eigenvalue weighted by Crippen LogP contribution is 2.24. The van der Waals surface area contributed by atoms with Gasteiger partial charge >= 0.3 is 0 Å². The van der Waals surface area contributed by atoms with Gasteiger partial charge in [-0.25, -0.2) is 0 Å². The van der Waals surface area contributed by atoms with Crippen molar-refractivity contribution in [3.8, 4) is 5.75 Å². The van der Waals surface area contributed by atoms with Gasteiger partial charge in [-0.2, -0.15) is 0 Å². The second-order valence-electron chi connectivity index (χ2n) is 8.42. The molecule has 4 aromatic carbocycles. The average molecular weight is 489 g/mol. The summed E-state index contributed by atoms with van der Waals surface area (Å²) < 4.78 is 5.93. The predicted molar refractivity (Wildman–Crippen MR) is 142 cm³/mol. The fraction of sp³-hybridized carbons (Fsp3) is 0.172. The van der Waals surface area contributed by atoms with Crippen LogP contribution in [0.25, 0.3) is 10.8 Å². The highest BCUT2D eigenvalue weighted by atomic mass is 35.5. The van der Waals surface area contributed by atoms with Crippen molar-refractivity contribution in [2.45, 2.75) is 33.0 Å². The molecule has 0 radical (unpaired) electrons. The molecule has 4 N–H and O–H groups in total. The van der Waals surface area contributed by atoms with E-state index < -0.39 is 5.91 Å². The van der Waals surface area contributed by atoms with E-state index in [1.54, 1.807) is 0 Å². The molecule has 0 aliphatic heterocycles. The molecule has 0 atom stereocenters. The molecule has 5 nitrogen and oxygen atoms in total. The summed E-state index contributed by atoms with van der Waals surface area (Å²) in [6.45, 7) is 5.59. The van der Waals surface area contributed by atoms with Crippen LogP contribution in [0.2, 0.25) is 5.02 Å². The number of carbonyl (C=O) groups excluding carboxylic acids is 1. The third-order valence-electron chi connectivity index (χ3n) is 5.61. The predicted octanol–water partition coefficient (Wildman–Crippen LogP) is 6.82. The minimum atomic E-state index is -0.563. The minimum Gasteiger partial charge on any atom is -0.506 e. The molecular formula is C29H29ClN2O3. The molecule has 0 fully saturated rings. The molecule has 0 unspecified atom stereocenters. The number of aromatic hydroxyl groups is 1. The summed E-state index contributed by atoms with van der Waals surface area (Å²) in [6, 6.07) is 24.9. The summed E-state index contributed by atoms with van der Waals surface area (Å²) >= 11 is 5.50. The fourth-order valence-electron chi connectivity index (χ4n) is 3.57. The Hall–Kier alpha value is -3.67. The molecule has 4 aromatic rings. The molecule has 4 rings (SSSR count). The molecule has 0 bridgehead atoms. The average Bonchev–Trinajstić information content (AvgIpc) is 2.86. The van der Waals surface area contributed by atoms with Crippen molar-refractivity contribution < 1.29 is 14.6 Å². The van der Waals surface area contributed by atoms with Gasteiger partial charge in [0.15, 0.2) is 0 Å². The molecule has 0 heterocycles. The lowest BCUT2D eigenvalue weighted by Crippen LogP contribution is -2.10. The highest BCUT2D eigenvalue weighted by Gasteiger charge is 2.06. The van der Waals surface area contributed by atoms with E-state index in [9.17, 15) is 4.79 Å². The molecule has 0 saturated carbocycles. The number of primary amides is 1. The van der Waals surface area contributed by atoms with E-state index in [2.05, 4.69) is 56.3 Å². The number of amides is 1. The Labute approximate surface area is 210 Å². The fourth-order valence-corrected chi connectivity index (χ4v) is 3.75. The smallest absolute Gasteiger partial charge is 0.248 e. The Balaban J connectivity index is 0.000000261. The van der Waals surface area contributed by atoms with Gasteiger partial charge in [-0.1, -0.05) is 86.1 Å². The van der Waals surface area contributed by atoms with Crippen LogP contribution in [0, 0.1) is 5.41 Å². The van der Waals surface area contributed by atoms with E-state index in [1.165, 1.54) is 35.5 Å². The van der Waals surface area contributed by atoms with Gasteiger partial charge in [0.05, 0.1) is 18.2 Å². The van der Waals surface area contributed by atoms with E-state index in [0.717, 1.165) is 21.9 Å². The van der Waals surface area contributed by atoms with Crippen LogP contribution < -0.4 is 5.73 Å². The van der Waals surface area contributed by atoms with Crippen LogP contribution in [0.3, 0.4) is 0 Å². The van der Waals surface area contributed by atoms with Crippen LogP contribution in [0.4, 0.5) is 0 Å². The van der Waals surface area contributed by atoms with Crippen molar-refractivity contribution in [2.24, 2.45) is 5.73 Å². The van der Waals surface area contributed by atoms with Gasteiger partial charge in [-0.3, -0.25) is 4.79 Å². The number of benzene rings is 4. The normalized spacial score (nSPS) is 10.6. The Kier molecular flexibility index (Phi) is 9.01.